The SMILES string of the molecule is CCc1nccn1CC(O)COc1ccccc1. The Labute approximate surface area is 107 Å². The van der Waals surface area contributed by atoms with Gasteiger partial charge in [0.05, 0.1) is 6.54 Å². The molecule has 0 spiro atoms. The summed E-state index contributed by atoms with van der Waals surface area (Å²) in [5.41, 5.74) is 0. The lowest BCUT2D eigenvalue weighted by molar-refractivity contribution is 0.0918. The molecule has 4 nitrogen and oxygen atoms in total. The predicted octanol–water partition coefficient (Wildman–Crippen LogP) is 1.89. The maximum Gasteiger partial charge on any atom is 0.119 e. The van der Waals surface area contributed by atoms with Crippen molar-refractivity contribution >= 4 is 0 Å². The summed E-state index contributed by atoms with van der Waals surface area (Å²) in [5.74, 6) is 1.76. The molecule has 1 aromatic heterocycles. The molecule has 18 heavy (non-hydrogen) atoms. The molecule has 1 N–H and O–H groups in total. The first-order valence-corrected chi connectivity index (χ1v) is 6.15. The lowest BCUT2D eigenvalue weighted by atomic mass is 10.3. The molecule has 2 aromatic rings. The van der Waals surface area contributed by atoms with Crippen LogP contribution < -0.4 is 4.74 Å². The van der Waals surface area contributed by atoms with Gasteiger partial charge in [-0.1, -0.05) is 25.1 Å². The van der Waals surface area contributed by atoms with Crippen molar-refractivity contribution in [1.82, 2.24) is 9.55 Å². The van der Waals surface area contributed by atoms with Gasteiger partial charge in [-0.2, -0.15) is 0 Å². The lowest BCUT2D eigenvalue weighted by Crippen LogP contribution is -2.24. The number of aromatic nitrogens is 2. The van der Waals surface area contributed by atoms with Crippen LogP contribution in [0.25, 0.3) is 0 Å². The molecular formula is C14H18N2O2. The van der Waals surface area contributed by atoms with E-state index in [0.717, 1.165) is 18.0 Å². The molecule has 0 bridgehead atoms. The summed E-state index contributed by atoms with van der Waals surface area (Å²) >= 11 is 0. The minimum atomic E-state index is -0.537. The molecule has 2 rings (SSSR count). The molecule has 0 saturated heterocycles. The van der Waals surface area contributed by atoms with Gasteiger partial charge in [-0.05, 0) is 12.1 Å². The molecule has 0 aliphatic heterocycles. The monoisotopic (exact) mass is 246 g/mol. The fourth-order valence-corrected chi connectivity index (χ4v) is 1.81. The maximum absolute atomic E-state index is 9.93. The summed E-state index contributed by atoms with van der Waals surface area (Å²) in [6.45, 7) is 2.84. The third-order valence-corrected chi connectivity index (χ3v) is 2.71. The highest BCUT2D eigenvalue weighted by Gasteiger charge is 2.08. The van der Waals surface area contributed by atoms with Crippen LogP contribution in [0.2, 0.25) is 0 Å². The molecule has 1 atom stereocenters. The van der Waals surface area contributed by atoms with E-state index in [-0.39, 0.29) is 6.61 Å². The number of rotatable bonds is 6. The summed E-state index contributed by atoms with van der Waals surface area (Å²) < 4.78 is 7.46. The summed E-state index contributed by atoms with van der Waals surface area (Å²) in [5, 5.41) is 9.93. The quantitative estimate of drug-likeness (QED) is 0.846. The van der Waals surface area contributed by atoms with Crippen LogP contribution in [0.3, 0.4) is 0 Å². The number of hydrogen-bond acceptors (Lipinski definition) is 3. The molecule has 96 valence electrons. The molecule has 4 heteroatoms. The van der Waals surface area contributed by atoms with Crippen LogP contribution >= 0.6 is 0 Å². The van der Waals surface area contributed by atoms with Crippen molar-refractivity contribution in [3.05, 3.63) is 48.5 Å². The molecule has 0 fully saturated rings. The van der Waals surface area contributed by atoms with Crippen molar-refractivity contribution in [3.8, 4) is 5.75 Å². The van der Waals surface area contributed by atoms with Crippen LogP contribution in [0.15, 0.2) is 42.7 Å². The van der Waals surface area contributed by atoms with Gasteiger partial charge in [0.15, 0.2) is 0 Å². The number of aliphatic hydroxyl groups excluding tert-OH is 1. The zero-order valence-electron chi connectivity index (χ0n) is 10.5. The van der Waals surface area contributed by atoms with Gasteiger partial charge in [-0.3, -0.25) is 0 Å². The maximum atomic E-state index is 9.93. The van der Waals surface area contributed by atoms with Gasteiger partial charge >= 0.3 is 0 Å². The second-order valence-electron chi connectivity index (χ2n) is 4.13. The fourth-order valence-electron chi connectivity index (χ4n) is 1.81. The minimum Gasteiger partial charge on any atom is -0.491 e. The van der Waals surface area contributed by atoms with E-state index in [0.29, 0.717) is 6.54 Å². The van der Waals surface area contributed by atoms with Crippen LogP contribution in [0.1, 0.15) is 12.7 Å². The summed E-state index contributed by atoms with van der Waals surface area (Å²) in [7, 11) is 0. The van der Waals surface area contributed by atoms with Crippen molar-refractivity contribution in [2.45, 2.75) is 26.0 Å². The zero-order valence-corrected chi connectivity index (χ0v) is 10.5. The number of aryl methyl sites for hydroxylation is 1. The normalized spacial score (nSPS) is 12.3. The molecule has 0 aliphatic carbocycles. The number of hydrogen-bond donors (Lipinski definition) is 1. The molecule has 0 aliphatic rings. The Hall–Kier alpha value is -1.81. The number of ether oxygens (including phenoxy) is 1. The molecular weight excluding hydrogens is 228 g/mol. The number of para-hydroxylation sites is 1. The van der Waals surface area contributed by atoms with Crippen LogP contribution in [-0.2, 0) is 13.0 Å². The van der Waals surface area contributed by atoms with Gasteiger partial charge in [-0.25, -0.2) is 4.98 Å². The Bertz CT molecular complexity index is 468. The first-order valence-electron chi connectivity index (χ1n) is 6.15. The Morgan fingerprint density at radius 1 is 1.33 bits per heavy atom. The number of aliphatic hydroxyl groups is 1. The van der Waals surface area contributed by atoms with Gasteiger partial charge in [0.1, 0.15) is 24.3 Å². The third kappa shape index (κ3) is 3.34. The van der Waals surface area contributed by atoms with Crippen LogP contribution in [-0.4, -0.2) is 27.4 Å². The minimum absolute atomic E-state index is 0.283. The van der Waals surface area contributed by atoms with Crippen molar-refractivity contribution in [3.63, 3.8) is 0 Å². The van der Waals surface area contributed by atoms with Crippen LogP contribution in [0, 0.1) is 0 Å². The van der Waals surface area contributed by atoms with Gasteiger partial charge in [0.25, 0.3) is 0 Å². The van der Waals surface area contributed by atoms with Crippen molar-refractivity contribution in [2.24, 2.45) is 0 Å². The third-order valence-electron chi connectivity index (χ3n) is 2.71. The Kier molecular flexibility index (Phi) is 4.36. The largest absolute Gasteiger partial charge is 0.491 e. The molecule has 1 aromatic carbocycles. The van der Waals surface area contributed by atoms with E-state index in [4.69, 9.17) is 4.74 Å². The topological polar surface area (TPSA) is 47.3 Å². The van der Waals surface area contributed by atoms with Gasteiger partial charge in [-0.15, -0.1) is 0 Å². The van der Waals surface area contributed by atoms with Gasteiger partial charge in [0, 0.05) is 18.8 Å². The predicted molar refractivity (Wildman–Crippen MR) is 69.5 cm³/mol. The molecule has 0 saturated carbocycles. The van der Waals surface area contributed by atoms with Crippen LogP contribution in [0.5, 0.6) is 5.75 Å². The van der Waals surface area contributed by atoms with E-state index in [2.05, 4.69) is 4.98 Å². The number of benzene rings is 1. The van der Waals surface area contributed by atoms with Gasteiger partial charge < -0.3 is 14.4 Å². The second-order valence-corrected chi connectivity index (χ2v) is 4.13. The first kappa shape index (κ1) is 12.6. The highest BCUT2D eigenvalue weighted by atomic mass is 16.5. The number of imidazole rings is 1. The Morgan fingerprint density at radius 2 is 2.11 bits per heavy atom. The van der Waals surface area contributed by atoms with Crippen LogP contribution in [0.4, 0.5) is 0 Å². The Balaban J connectivity index is 1.84. The molecule has 1 heterocycles. The standard InChI is InChI=1S/C14H18N2O2/c1-2-14-15-8-9-16(14)10-12(17)11-18-13-6-4-3-5-7-13/h3-9,12,17H,2,10-11H2,1H3. The van der Waals surface area contributed by atoms with Gasteiger partial charge in [0.2, 0.25) is 0 Å². The van der Waals surface area contributed by atoms with E-state index in [1.807, 2.05) is 48.0 Å². The average molecular weight is 246 g/mol. The van der Waals surface area contributed by atoms with E-state index in [1.54, 1.807) is 6.20 Å². The zero-order chi connectivity index (χ0) is 12.8. The lowest BCUT2D eigenvalue weighted by Gasteiger charge is -2.14. The van der Waals surface area contributed by atoms with E-state index >= 15 is 0 Å². The average Bonchev–Trinajstić information content (AvgIpc) is 2.85. The summed E-state index contributed by atoms with van der Waals surface area (Å²) in [4.78, 5) is 4.22. The van der Waals surface area contributed by atoms with E-state index in [9.17, 15) is 5.11 Å². The van der Waals surface area contributed by atoms with Crippen molar-refractivity contribution < 1.29 is 9.84 Å². The fraction of sp³-hybridized carbons (Fsp3) is 0.357. The molecule has 1 unspecified atom stereocenters. The summed E-state index contributed by atoms with van der Waals surface area (Å²) in [6.07, 6.45) is 3.96. The summed E-state index contributed by atoms with van der Waals surface area (Å²) in [6, 6.07) is 9.50. The van der Waals surface area contributed by atoms with E-state index in [1.165, 1.54) is 0 Å². The first-order chi connectivity index (χ1) is 8.79. The smallest absolute Gasteiger partial charge is 0.119 e. The Morgan fingerprint density at radius 3 is 2.83 bits per heavy atom. The molecule has 0 radical (unpaired) electrons. The van der Waals surface area contributed by atoms with Crippen molar-refractivity contribution in [2.75, 3.05) is 6.61 Å². The van der Waals surface area contributed by atoms with E-state index < -0.39 is 6.10 Å². The second kappa shape index (κ2) is 6.21. The van der Waals surface area contributed by atoms with Crippen molar-refractivity contribution in [1.29, 1.82) is 0 Å². The molecule has 0 amide bonds. The highest BCUT2D eigenvalue weighted by Crippen LogP contribution is 2.09. The number of nitrogens with zero attached hydrogens (tertiary/aromatic N) is 2. The highest BCUT2D eigenvalue weighted by molar-refractivity contribution is 5.20.